The smallest absolute Gasteiger partial charge is 0.253 e. The Morgan fingerprint density at radius 1 is 1.41 bits per heavy atom. The first-order chi connectivity index (χ1) is 14.0. The minimum Gasteiger partial charge on any atom is -0.385 e. The molecule has 0 unspecified atom stereocenters. The van der Waals surface area contributed by atoms with Gasteiger partial charge in [0.1, 0.15) is 0 Å². The van der Waals surface area contributed by atoms with E-state index in [1.807, 2.05) is 13.0 Å². The highest BCUT2D eigenvalue weighted by Gasteiger charge is 2.22. The maximum absolute atomic E-state index is 12.8. The second-order valence-electron chi connectivity index (χ2n) is 7.69. The third-order valence-corrected chi connectivity index (χ3v) is 5.93. The second kappa shape index (κ2) is 10.2. The number of fused-ring (bicyclic) bond motifs is 1. The molecule has 29 heavy (non-hydrogen) atoms. The molecular weight excluding hydrogens is 386 g/mol. The van der Waals surface area contributed by atoms with E-state index in [1.165, 1.54) is 5.56 Å². The summed E-state index contributed by atoms with van der Waals surface area (Å²) >= 11 is 5.64. The van der Waals surface area contributed by atoms with Crippen molar-refractivity contribution >= 4 is 28.2 Å². The van der Waals surface area contributed by atoms with E-state index in [4.69, 9.17) is 21.7 Å². The Morgan fingerprint density at radius 2 is 2.24 bits per heavy atom. The van der Waals surface area contributed by atoms with Crippen LogP contribution in [0.4, 0.5) is 0 Å². The molecule has 158 valence electrons. The van der Waals surface area contributed by atoms with Gasteiger partial charge in [-0.1, -0.05) is 12.1 Å². The summed E-state index contributed by atoms with van der Waals surface area (Å²) in [4.78, 5) is 17.9. The molecule has 1 saturated heterocycles. The number of nitrogens with zero attached hydrogens (tertiary/aromatic N) is 1. The van der Waals surface area contributed by atoms with Crippen molar-refractivity contribution in [1.29, 1.82) is 0 Å². The maximum Gasteiger partial charge on any atom is 0.253 e. The number of aromatic amines is 1. The number of methoxy groups -OCH3 is 1. The van der Waals surface area contributed by atoms with Gasteiger partial charge in [0.2, 0.25) is 0 Å². The lowest BCUT2D eigenvalue weighted by Crippen LogP contribution is -2.44. The maximum atomic E-state index is 12.8. The minimum absolute atomic E-state index is 0.0641. The van der Waals surface area contributed by atoms with Crippen molar-refractivity contribution in [3.63, 3.8) is 0 Å². The van der Waals surface area contributed by atoms with E-state index in [0.29, 0.717) is 30.4 Å². The molecule has 1 atom stereocenters. The van der Waals surface area contributed by atoms with Crippen LogP contribution in [0.1, 0.15) is 36.0 Å². The third kappa shape index (κ3) is 5.56. The van der Waals surface area contributed by atoms with Gasteiger partial charge < -0.3 is 24.7 Å². The van der Waals surface area contributed by atoms with Crippen LogP contribution in [0, 0.1) is 13.8 Å². The normalized spacial score (nSPS) is 16.3. The molecule has 6 nitrogen and oxygen atoms in total. The topological polar surface area (TPSA) is 66.6 Å². The molecule has 0 aliphatic carbocycles. The van der Waals surface area contributed by atoms with Crippen LogP contribution in [0.15, 0.2) is 23.0 Å². The number of nitrogens with one attached hydrogen (secondary N) is 2. The molecule has 0 bridgehead atoms. The summed E-state index contributed by atoms with van der Waals surface area (Å²) in [6, 6.07) is 6.13. The predicted octanol–water partition coefficient (Wildman–Crippen LogP) is 3.04. The Labute approximate surface area is 177 Å². The first kappa shape index (κ1) is 21.7. The number of benzene rings is 1. The van der Waals surface area contributed by atoms with Crippen LogP contribution in [0.3, 0.4) is 0 Å². The SMILES string of the molecule is COCCCNC(=S)N(Cc1cc2ccc(C)c(C)c2[nH]c1=O)C[C@H]1CCCO1. The molecule has 7 heteroatoms. The van der Waals surface area contributed by atoms with E-state index in [1.54, 1.807) is 7.11 Å². The van der Waals surface area contributed by atoms with Gasteiger partial charge in [0.15, 0.2) is 5.11 Å². The molecule has 0 amide bonds. The molecule has 2 aromatic rings. The van der Waals surface area contributed by atoms with Gasteiger partial charge in [-0.3, -0.25) is 4.79 Å². The zero-order valence-electron chi connectivity index (χ0n) is 17.5. The number of pyridine rings is 1. The lowest BCUT2D eigenvalue weighted by molar-refractivity contribution is 0.0896. The molecule has 1 aromatic heterocycles. The van der Waals surface area contributed by atoms with Crippen LogP contribution in [-0.4, -0.2) is 54.5 Å². The predicted molar refractivity (Wildman–Crippen MR) is 121 cm³/mol. The molecule has 2 heterocycles. The Hall–Kier alpha value is -1.96. The van der Waals surface area contributed by atoms with E-state index < -0.39 is 0 Å². The van der Waals surface area contributed by atoms with Crippen molar-refractivity contribution in [3.05, 3.63) is 45.2 Å². The Bertz CT molecular complexity index is 906. The zero-order valence-corrected chi connectivity index (χ0v) is 18.4. The molecule has 2 N–H and O–H groups in total. The van der Waals surface area contributed by atoms with E-state index in [9.17, 15) is 4.79 Å². The fourth-order valence-corrected chi connectivity index (χ4v) is 3.91. The number of thiocarbonyl (C=S) groups is 1. The quantitative estimate of drug-likeness (QED) is 0.508. The molecule has 1 aliphatic heterocycles. The highest BCUT2D eigenvalue weighted by molar-refractivity contribution is 7.80. The minimum atomic E-state index is -0.0641. The van der Waals surface area contributed by atoms with E-state index in [-0.39, 0.29) is 11.7 Å². The van der Waals surface area contributed by atoms with Gasteiger partial charge in [-0.2, -0.15) is 0 Å². The molecular formula is C22H31N3O3S. The summed E-state index contributed by atoms with van der Waals surface area (Å²) in [5.41, 5.74) is 3.83. The average molecular weight is 418 g/mol. The molecule has 1 fully saturated rings. The Balaban J connectivity index is 1.80. The molecule has 1 aliphatic rings. The Morgan fingerprint density at radius 3 is 2.97 bits per heavy atom. The number of hydrogen-bond donors (Lipinski definition) is 2. The van der Waals surface area contributed by atoms with Gasteiger partial charge >= 0.3 is 0 Å². The van der Waals surface area contributed by atoms with Crippen molar-refractivity contribution in [3.8, 4) is 0 Å². The molecule has 0 radical (unpaired) electrons. The lowest BCUT2D eigenvalue weighted by atomic mass is 10.0. The Kier molecular flexibility index (Phi) is 7.64. The first-order valence-electron chi connectivity index (χ1n) is 10.2. The largest absolute Gasteiger partial charge is 0.385 e. The monoisotopic (exact) mass is 417 g/mol. The highest BCUT2D eigenvalue weighted by Crippen LogP contribution is 2.20. The zero-order chi connectivity index (χ0) is 20.8. The summed E-state index contributed by atoms with van der Waals surface area (Å²) in [5.74, 6) is 0. The van der Waals surface area contributed by atoms with Crippen molar-refractivity contribution in [2.75, 3.05) is 33.4 Å². The van der Waals surface area contributed by atoms with Gasteiger partial charge in [0.05, 0.1) is 18.2 Å². The molecule has 0 spiro atoms. The summed E-state index contributed by atoms with van der Waals surface area (Å²) in [7, 11) is 1.69. The molecule has 3 rings (SSSR count). The van der Waals surface area contributed by atoms with Crippen LogP contribution in [0.2, 0.25) is 0 Å². The fraction of sp³-hybridized carbons (Fsp3) is 0.545. The second-order valence-corrected chi connectivity index (χ2v) is 8.08. The van der Waals surface area contributed by atoms with Crippen LogP contribution in [-0.2, 0) is 16.0 Å². The standard InChI is InChI=1S/C22H31N3O3S/c1-15-7-8-17-12-18(21(26)24-20(17)16(15)2)13-25(14-19-6-4-11-28-19)22(29)23-9-5-10-27-3/h7-8,12,19H,4-6,9-11,13-14H2,1-3H3,(H,23,29)(H,24,26)/t19-/m1/s1. The van der Waals surface area contributed by atoms with Gasteiger partial charge in [0.25, 0.3) is 5.56 Å². The van der Waals surface area contributed by atoms with Crippen LogP contribution in [0.25, 0.3) is 10.9 Å². The number of aryl methyl sites for hydroxylation is 2. The van der Waals surface area contributed by atoms with Gasteiger partial charge in [-0.25, -0.2) is 0 Å². The number of aromatic nitrogens is 1. The number of H-pyrrole nitrogens is 1. The fourth-order valence-electron chi connectivity index (χ4n) is 3.67. The highest BCUT2D eigenvalue weighted by atomic mass is 32.1. The van der Waals surface area contributed by atoms with Crippen molar-refractivity contribution in [2.24, 2.45) is 0 Å². The average Bonchev–Trinajstić information content (AvgIpc) is 3.22. The summed E-state index contributed by atoms with van der Waals surface area (Å²) < 4.78 is 10.9. The lowest BCUT2D eigenvalue weighted by Gasteiger charge is -2.28. The van der Waals surface area contributed by atoms with E-state index in [0.717, 1.165) is 48.9 Å². The van der Waals surface area contributed by atoms with Crippen molar-refractivity contribution in [1.82, 2.24) is 15.2 Å². The van der Waals surface area contributed by atoms with Crippen molar-refractivity contribution < 1.29 is 9.47 Å². The van der Waals surface area contributed by atoms with Gasteiger partial charge in [-0.05, 0) is 67.9 Å². The van der Waals surface area contributed by atoms with Crippen molar-refractivity contribution in [2.45, 2.75) is 45.8 Å². The van der Waals surface area contributed by atoms with Crippen LogP contribution in [0.5, 0.6) is 0 Å². The summed E-state index contributed by atoms with van der Waals surface area (Å²) in [6.45, 7) is 7.44. The third-order valence-electron chi connectivity index (χ3n) is 5.53. The van der Waals surface area contributed by atoms with E-state index >= 15 is 0 Å². The van der Waals surface area contributed by atoms with E-state index in [2.05, 4.69) is 34.3 Å². The van der Waals surface area contributed by atoms with Gasteiger partial charge in [-0.15, -0.1) is 0 Å². The molecule has 1 aromatic carbocycles. The molecule has 0 saturated carbocycles. The number of ether oxygens (including phenoxy) is 2. The number of hydrogen-bond acceptors (Lipinski definition) is 4. The summed E-state index contributed by atoms with van der Waals surface area (Å²) in [5, 5.41) is 4.98. The summed E-state index contributed by atoms with van der Waals surface area (Å²) in [6.07, 6.45) is 3.12. The van der Waals surface area contributed by atoms with Crippen LogP contribution < -0.4 is 10.9 Å². The number of rotatable bonds is 8. The van der Waals surface area contributed by atoms with Gasteiger partial charge in [0, 0.05) is 39.0 Å². The first-order valence-corrected chi connectivity index (χ1v) is 10.7. The van der Waals surface area contributed by atoms with Crippen LogP contribution >= 0.6 is 12.2 Å².